The first kappa shape index (κ1) is 23.1. The lowest BCUT2D eigenvalue weighted by atomic mass is 9.97. The zero-order valence-corrected chi connectivity index (χ0v) is 19.8. The Balaban J connectivity index is 1.30. The van der Waals surface area contributed by atoms with Crippen molar-refractivity contribution in [2.45, 2.75) is 52.2 Å². The predicted octanol–water partition coefficient (Wildman–Crippen LogP) is 4.48. The van der Waals surface area contributed by atoms with Crippen molar-refractivity contribution in [2.24, 2.45) is 5.92 Å². The van der Waals surface area contributed by atoms with E-state index in [1.807, 2.05) is 32.9 Å². The number of aldehydes is 1. The molecule has 1 aromatic carbocycles. The molecule has 1 saturated heterocycles. The van der Waals surface area contributed by atoms with Gasteiger partial charge >= 0.3 is 6.09 Å². The molecule has 2 aliphatic rings. The summed E-state index contributed by atoms with van der Waals surface area (Å²) in [6, 6.07) is 8.12. The molecule has 0 radical (unpaired) electrons. The van der Waals surface area contributed by atoms with Crippen molar-refractivity contribution in [1.29, 1.82) is 0 Å². The number of nitrogens with zero attached hydrogens (tertiary/aromatic N) is 3. The highest BCUT2D eigenvalue weighted by Crippen LogP contribution is 2.28. The van der Waals surface area contributed by atoms with E-state index in [0.29, 0.717) is 31.2 Å². The van der Waals surface area contributed by atoms with Crippen LogP contribution in [0.2, 0.25) is 0 Å². The number of hydrogen-bond donors (Lipinski definition) is 0. The fraction of sp³-hybridized carbons (Fsp3) is 0.500. The minimum atomic E-state index is -0.496. The van der Waals surface area contributed by atoms with Crippen LogP contribution in [-0.4, -0.2) is 54.1 Å². The van der Waals surface area contributed by atoms with Gasteiger partial charge < -0.3 is 19.3 Å². The lowest BCUT2D eigenvalue weighted by Gasteiger charge is -2.34. The molecule has 33 heavy (non-hydrogen) atoms. The number of pyridine rings is 1. The molecule has 4 rings (SSSR count). The number of anilines is 1. The fourth-order valence-electron chi connectivity index (χ4n) is 4.44. The van der Waals surface area contributed by atoms with Crippen LogP contribution in [0.15, 0.2) is 36.7 Å². The molecule has 0 N–H and O–H groups in total. The third-order valence-electron chi connectivity index (χ3n) is 6.24. The summed E-state index contributed by atoms with van der Waals surface area (Å²) in [5.74, 6) is 1.32. The van der Waals surface area contributed by atoms with Crippen LogP contribution in [0.3, 0.4) is 0 Å². The van der Waals surface area contributed by atoms with Gasteiger partial charge in [0.25, 0.3) is 0 Å². The maximum atomic E-state index is 12.5. The Bertz CT molecular complexity index is 993. The number of hydrogen-bond acceptors (Lipinski definition) is 6. The summed E-state index contributed by atoms with van der Waals surface area (Å²) in [6.07, 6.45) is 6.81. The lowest BCUT2D eigenvalue weighted by Crippen LogP contribution is -2.39. The monoisotopic (exact) mass is 451 g/mol. The van der Waals surface area contributed by atoms with Gasteiger partial charge in [-0.25, -0.2) is 4.79 Å². The van der Waals surface area contributed by atoms with Gasteiger partial charge in [0.2, 0.25) is 0 Å². The van der Waals surface area contributed by atoms with Crippen molar-refractivity contribution in [2.75, 3.05) is 31.1 Å². The zero-order chi connectivity index (χ0) is 23.4. The number of fused-ring (bicyclic) bond motifs is 1. The van der Waals surface area contributed by atoms with E-state index in [2.05, 4.69) is 22.0 Å². The SMILES string of the molecule is CC(C)(C)OC(=O)N1CCc2ccc(OCC3CCN(c4ccncc4C=O)CC3)cc2C1. The van der Waals surface area contributed by atoms with E-state index >= 15 is 0 Å². The number of ether oxygens (including phenoxy) is 2. The highest BCUT2D eigenvalue weighted by molar-refractivity contribution is 5.83. The van der Waals surface area contributed by atoms with Crippen LogP contribution in [-0.2, 0) is 17.7 Å². The average molecular weight is 452 g/mol. The third kappa shape index (κ3) is 5.83. The Morgan fingerprint density at radius 1 is 1.15 bits per heavy atom. The van der Waals surface area contributed by atoms with Crippen LogP contribution in [0.1, 0.15) is 55.1 Å². The van der Waals surface area contributed by atoms with Crippen LogP contribution in [0.5, 0.6) is 5.75 Å². The number of carbonyl (C=O) groups is 2. The van der Waals surface area contributed by atoms with Gasteiger partial charge in [-0.15, -0.1) is 0 Å². The second-order valence-corrected chi connectivity index (χ2v) is 9.88. The molecule has 176 valence electrons. The Hall–Kier alpha value is -3.09. The standard InChI is InChI=1S/C26H33N3O4/c1-26(2,3)33-25(31)29-13-9-20-4-5-23(14-21(20)16-29)32-18-19-7-11-28(12-8-19)24-6-10-27-15-22(24)17-30/h4-6,10,14-15,17,19H,7-9,11-13,16,18H2,1-3H3. The summed E-state index contributed by atoms with van der Waals surface area (Å²) >= 11 is 0. The number of piperidine rings is 1. The predicted molar refractivity (Wildman–Crippen MR) is 127 cm³/mol. The number of aromatic nitrogens is 1. The summed E-state index contributed by atoms with van der Waals surface area (Å²) in [6.45, 7) is 9.34. The molecule has 0 aliphatic carbocycles. The maximum Gasteiger partial charge on any atom is 0.410 e. The van der Waals surface area contributed by atoms with Gasteiger partial charge in [-0.1, -0.05) is 6.07 Å². The van der Waals surface area contributed by atoms with Crippen molar-refractivity contribution < 1.29 is 19.1 Å². The molecule has 0 bridgehead atoms. The molecule has 7 heteroatoms. The minimum absolute atomic E-state index is 0.266. The molecule has 2 aliphatic heterocycles. The van der Waals surface area contributed by atoms with E-state index < -0.39 is 5.60 Å². The summed E-state index contributed by atoms with van der Waals surface area (Å²) in [7, 11) is 0. The summed E-state index contributed by atoms with van der Waals surface area (Å²) < 4.78 is 11.7. The molecule has 0 unspecified atom stereocenters. The van der Waals surface area contributed by atoms with Crippen LogP contribution in [0.25, 0.3) is 0 Å². The van der Waals surface area contributed by atoms with Gasteiger partial charge in [-0.05, 0) is 75.3 Å². The number of rotatable bonds is 5. The van der Waals surface area contributed by atoms with Gasteiger partial charge in [0.15, 0.2) is 6.29 Å². The minimum Gasteiger partial charge on any atom is -0.493 e. The van der Waals surface area contributed by atoms with Gasteiger partial charge in [0, 0.05) is 38.6 Å². The molecular weight excluding hydrogens is 418 g/mol. The second-order valence-electron chi connectivity index (χ2n) is 9.88. The van der Waals surface area contributed by atoms with E-state index in [4.69, 9.17) is 9.47 Å². The van der Waals surface area contributed by atoms with Crippen LogP contribution in [0, 0.1) is 5.92 Å². The Labute approximate surface area is 195 Å². The van der Waals surface area contributed by atoms with Crippen molar-refractivity contribution in [3.8, 4) is 5.75 Å². The van der Waals surface area contributed by atoms with Gasteiger partial charge in [0.1, 0.15) is 11.4 Å². The Kier molecular flexibility index (Phi) is 6.86. The van der Waals surface area contributed by atoms with Crippen molar-refractivity contribution in [1.82, 2.24) is 9.88 Å². The second kappa shape index (κ2) is 9.81. The number of amides is 1. The first-order valence-electron chi connectivity index (χ1n) is 11.7. The maximum absolute atomic E-state index is 12.5. The van der Waals surface area contributed by atoms with E-state index in [0.717, 1.165) is 55.6 Å². The van der Waals surface area contributed by atoms with Crippen molar-refractivity contribution in [3.05, 3.63) is 53.3 Å². The van der Waals surface area contributed by atoms with E-state index in [1.165, 1.54) is 5.56 Å². The molecule has 7 nitrogen and oxygen atoms in total. The first-order valence-corrected chi connectivity index (χ1v) is 11.7. The molecule has 1 aromatic heterocycles. The summed E-state index contributed by atoms with van der Waals surface area (Å²) in [4.78, 5) is 31.8. The van der Waals surface area contributed by atoms with Crippen LogP contribution >= 0.6 is 0 Å². The average Bonchev–Trinajstić information content (AvgIpc) is 2.81. The largest absolute Gasteiger partial charge is 0.493 e. The van der Waals surface area contributed by atoms with E-state index in [1.54, 1.807) is 17.3 Å². The Morgan fingerprint density at radius 2 is 1.94 bits per heavy atom. The van der Waals surface area contributed by atoms with Crippen molar-refractivity contribution in [3.63, 3.8) is 0 Å². The van der Waals surface area contributed by atoms with E-state index in [-0.39, 0.29) is 6.09 Å². The number of benzene rings is 1. The fourth-order valence-corrected chi connectivity index (χ4v) is 4.44. The lowest BCUT2D eigenvalue weighted by molar-refractivity contribution is 0.0223. The Morgan fingerprint density at radius 3 is 2.67 bits per heavy atom. The molecule has 2 aromatic rings. The third-order valence-corrected chi connectivity index (χ3v) is 6.24. The molecule has 1 amide bonds. The zero-order valence-electron chi connectivity index (χ0n) is 19.8. The van der Waals surface area contributed by atoms with Gasteiger partial charge in [0.05, 0.1) is 17.9 Å². The van der Waals surface area contributed by atoms with E-state index in [9.17, 15) is 9.59 Å². The molecular formula is C26H33N3O4. The quantitative estimate of drug-likeness (QED) is 0.624. The van der Waals surface area contributed by atoms with Crippen LogP contribution in [0.4, 0.5) is 10.5 Å². The van der Waals surface area contributed by atoms with Gasteiger partial charge in [-0.3, -0.25) is 9.78 Å². The normalized spacial score (nSPS) is 16.8. The molecule has 1 fully saturated rings. The van der Waals surface area contributed by atoms with Gasteiger partial charge in [-0.2, -0.15) is 0 Å². The first-order chi connectivity index (χ1) is 15.8. The topological polar surface area (TPSA) is 72.0 Å². The molecule has 0 atom stereocenters. The molecule has 0 spiro atoms. The molecule has 3 heterocycles. The highest BCUT2D eigenvalue weighted by Gasteiger charge is 2.26. The summed E-state index contributed by atoms with van der Waals surface area (Å²) in [5.41, 5.74) is 3.49. The highest BCUT2D eigenvalue weighted by atomic mass is 16.6. The van der Waals surface area contributed by atoms with Crippen LogP contribution < -0.4 is 9.64 Å². The summed E-state index contributed by atoms with van der Waals surface area (Å²) in [5, 5.41) is 0. The molecule has 0 saturated carbocycles. The van der Waals surface area contributed by atoms with Crippen molar-refractivity contribution >= 4 is 18.1 Å². The number of carbonyl (C=O) groups excluding carboxylic acids is 2. The smallest absolute Gasteiger partial charge is 0.410 e.